The number of aryl methyl sites for hydroxylation is 1. The lowest BCUT2D eigenvalue weighted by molar-refractivity contribution is 0.594. The molecule has 1 unspecified atom stereocenters. The molecule has 0 saturated carbocycles. The van der Waals surface area contributed by atoms with Crippen molar-refractivity contribution in [2.45, 2.75) is 33.7 Å². The normalized spacial score (nSPS) is 12.7. The molecule has 0 fully saturated rings. The highest BCUT2D eigenvalue weighted by Gasteiger charge is 2.13. The zero-order chi connectivity index (χ0) is 13.1. The Labute approximate surface area is 107 Å². The van der Waals surface area contributed by atoms with Gasteiger partial charge in [-0.1, -0.05) is 6.92 Å². The van der Waals surface area contributed by atoms with Crippen LogP contribution in [0.4, 0.5) is 0 Å². The Bertz CT molecular complexity index is 515. The van der Waals surface area contributed by atoms with Crippen LogP contribution in [0.2, 0.25) is 0 Å². The Kier molecular flexibility index (Phi) is 3.72. The lowest BCUT2D eigenvalue weighted by Gasteiger charge is -2.11. The van der Waals surface area contributed by atoms with Crippen molar-refractivity contribution in [1.29, 1.82) is 0 Å². The second kappa shape index (κ2) is 5.27. The molecular weight excluding hydrogens is 226 g/mol. The zero-order valence-electron chi connectivity index (χ0n) is 11.3. The lowest BCUT2D eigenvalue weighted by atomic mass is 10.1. The van der Waals surface area contributed by atoms with E-state index in [-0.39, 0.29) is 0 Å². The fourth-order valence-corrected chi connectivity index (χ4v) is 2.00. The van der Waals surface area contributed by atoms with E-state index < -0.39 is 0 Å². The van der Waals surface area contributed by atoms with Crippen molar-refractivity contribution in [3.8, 4) is 5.82 Å². The first-order valence-electron chi connectivity index (χ1n) is 6.22. The van der Waals surface area contributed by atoms with Crippen molar-refractivity contribution >= 4 is 0 Å². The molecule has 5 nitrogen and oxygen atoms in total. The number of hydrogen-bond donors (Lipinski definition) is 1. The highest BCUT2D eigenvalue weighted by molar-refractivity contribution is 5.29. The van der Waals surface area contributed by atoms with Crippen LogP contribution in [0, 0.1) is 13.8 Å². The van der Waals surface area contributed by atoms with Crippen molar-refractivity contribution in [3.63, 3.8) is 0 Å². The van der Waals surface area contributed by atoms with Gasteiger partial charge in [-0.25, -0.2) is 4.68 Å². The van der Waals surface area contributed by atoms with Crippen LogP contribution in [0.25, 0.3) is 5.82 Å². The van der Waals surface area contributed by atoms with Gasteiger partial charge in [0.15, 0.2) is 5.82 Å². The highest BCUT2D eigenvalue weighted by Crippen LogP contribution is 2.18. The van der Waals surface area contributed by atoms with E-state index in [1.54, 1.807) is 0 Å². The molecule has 18 heavy (non-hydrogen) atoms. The summed E-state index contributed by atoms with van der Waals surface area (Å²) < 4.78 is 1.83. The first kappa shape index (κ1) is 12.7. The SMILES string of the molecule is CCNC(C)c1cnn(-c2ccc(C)nn2)c1C. The third-order valence-corrected chi connectivity index (χ3v) is 3.03. The molecule has 0 amide bonds. The summed E-state index contributed by atoms with van der Waals surface area (Å²) in [6.07, 6.45) is 1.89. The fourth-order valence-electron chi connectivity index (χ4n) is 2.00. The molecule has 0 bridgehead atoms. The van der Waals surface area contributed by atoms with E-state index in [0.29, 0.717) is 6.04 Å². The Morgan fingerprint density at radius 2 is 2.06 bits per heavy atom. The molecule has 2 rings (SSSR count). The molecule has 0 aliphatic carbocycles. The number of hydrogen-bond acceptors (Lipinski definition) is 4. The van der Waals surface area contributed by atoms with Gasteiger partial charge in [0, 0.05) is 17.3 Å². The number of rotatable bonds is 4. The van der Waals surface area contributed by atoms with E-state index in [0.717, 1.165) is 23.8 Å². The van der Waals surface area contributed by atoms with Gasteiger partial charge in [0.25, 0.3) is 0 Å². The van der Waals surface area contributed by atoms with Gasteiger partial charge in [-0.3, -0.25) is 0 Å². The number of nitrogens with one attached hydrogen (secondary N) is 1. The van der Waals surface area contributed by atoms with Gasteiger partial charge in [-0.05, 0) is 39.4 Å². The predicted molar refractivity (Wildman–Crippen MR) is 70.7 cm³/mol. The molecule has 96 valence electrons. The summed E-state index contributed by atoms with van der Waals surface area (Å²) in [5.41, 5.74) is 3.20. The van der Waals surface area contributed by atoms with E-state index in [2.05, 4.69) is 41.4 Å². The van der Waals surface area contributed by atoms with Gasteiger partial charge >= 0.3 is 0 Å². The van der Waals surface area contributed by atoms with Crippen LogP contribution in [0.5, 0.6) is 0 Å². The summed E-state index contributed by atoms with van der Waals surface area (Å²) in [6, 6.07) is 4.17. The molecule has 2 aromatic heterocycles. The second-order valence-corrected chi connectivity index (χ2v) is 4.41. The van der Waals surface area contributed by atoms with E-state index in [9.17, 15) is 0 Å². The maximum Gasteiger partial charge on any atom is 0.175 e. The molecule has 2 aromatic rings. The smallest absolute Gasteiger partial charge is 0.175 e. The van der Waals surface area contributed by atoms with Gasteiger partial charge in [-0.15, -0.1) is 5.10 Å². The van der Waals surface area contributed by atoms with Crippen molar-refractivity contribution in [2.75, 3.05) is 6.54 Å². The van der Waals surface area contributed by atoms with E-state index in [1.165, 1.54) is 5.56 Å². The van der Waals surface area contributed by atoms with Crippen LogP contribution in [0.1, 0.15) is 36.8 Å². The predicted octanol–water partition coefficient (Wildman–Crippen LogP) is 1.95. The highest BCUT2D eigenvalue weighted by atomic mass is 15.3. The molecule has 0 spiro atoms. The van der Waals surface area contributed by atoms with Gasteiger partial charge in [0.1, 0.15) is 0 Å². The summed E-state index contributed by atoms with van der Waals surface area (Å²) in [5, 5.41) is 16.0. The molecule has 0 aliphatic rings. The maximum absolute atomic E-state index is 4.39. The summed E-state index contributed by atoms with van der Waals surface area (Å²) in [7, 11) is 0. The minimum atomic E-state index is 0.294. The summed E-state index contributed by atoms with van der Waals surface area (Å²) in [6.45, 7) is 9.15. The summed E-state index contributed by atoms with van der Waals surface area (Å²) in [4.78, 5) is 0. The molecule has 0 radical (unpaired) electrons. The maximum atomic E-state index is 4.39. The van der Waals surface area contributed by atoms with Crippen LogP contribution in [-0.4, -0.2) is 26.5 Å². The Morgan fingerprint density at radius 3 is 2.67 bits per heavy atom. The third kappa shape index (κ3) is 2.41. The summed E-state index contributed by atoms with van der Waals surface area (Å²) in [5.74, 6) is 0.757. The van der Waals surface area contributed by atoms with Crippen LogP contribution >= 0.6 is 0 Å². The van der Waals surface area contributed by atoms with Crippen molar-refractivity contribution in [3.05, 3.63) is 35.3 Å². The topological polar surface area (TPSA) is 55.6 Å². The minimum absolute atomic E-state index is 0.294. The molecule has 0 saturated heterocycles. The molecule has 0 aromatic carbocycles. The van der Waals surface area contributed by atoms with Gasteiger partial charge < -0.3 is 5.32 Å². The van der Waals surface area contributed by atoms with Gasteiger partial charge in [0.05, 0.1) is 11.9 Å². The molecule has 2 heterocycles. The van der Waals surface area contributed by atoms with E-state index in [4.69, 9.17) is 0 Å². The quantitative estimate of drug-likeness (QED) is 0.894. The van der Waals surface area contributed by atoms with Crippen LogP contribution in [0.15, 0.2) is 18.3 Å². The number of nitrogens with zero attached hydrogens (tertiary/aromatic N) is 4. The van der Waals surface area contributed by atoms with Gasteiger partial charge in [-0.2, -0.15) is 10.2 Å². The first-order chi connectivity index (χ1) is 8.63. The minimum Gasteiger partial charge on any atom is -0.310 e. The number of aromatic nitrogens is 4. The van der Waals surface area contributed by atoms with Crippen LogP contribution in [-0.2, 0) is 0 Å². The third-order valence-electron chi connectivity index (χ3n) is 3.03. The second-order valence-electron chi connectivity index (χ2n) is 4.41. The first-order valence-corrected chi connectivity index (χ1v) is 6.22. The van der Waals surface area contributed by atoms with Gasteiger partial charge in [0.2, 0.25) is 0 Å². The Balaban J connectivity index is 2.33. The lowest BCUT2D eigenvalue weighted by Crippen LogP contribution is -2.18. The van der Waals surface area contributed by atoms with Crippen LogP contribution < -0.4 is 5.32 Å². The molecule has 0 aliphatic heterocycles. The van der Waals surface area contributed by atoms with Crippen molar-refractivity contribution in [1.82, 2.24) is 25.3 Å². The monoisotopic (exact) mass is 245 g/mol. The average molecular weight is 245 g/mol. The molecule has 1 N–H and O–H groups in total. The molecule has 1 atom stereocenters. The molecule has 5 heteroatoms. The summed E-state index contributed by atoms with van der Waals surface area (Å²) >= 11 is 0. The zero-order valence-corrected chi connectivity index (χ0v) is 11.3. The standard InChI is InChI=1S/C13H19N5/c1-5-14-10(3)12-8-15-18(11(12)4)13-7-6-9(2)16-17-13/h6-8,10,14H,5H2,1-4H3. The van der Waals surface area contributed by atoms with E-state index in [1.807, 2.05) is 29.9 Å². The fraction of sp³-hybridized carbons (Fsp3) is 0.462. The average Bonchev–Trinajstić information content (AvgIpc) is 2.73. The molecular formula is C13H19N5. The van der Waals surface area contributed by atoms with Crippen LogP contribution in [0.3, 0.4) is 0 Å². The van der Waals surface area contributed by atoms with Crippen molar-refractivity contribution < 1.29 is 0 Å². The van der Waals surface area contributed by atoms with E-state index >= 15 is 0 Å². The van der Waals surface area contributed by atoms with Crippen molar-refractivity contribution in [2.24, 2.45) is 0 Å². The largest absolute Gasteiger partial charge is 0.310 e. The Morgan fingerprint density at radius 1 is 1.28 bits per heavy atom. The Hall–Kier alpha value is -1.75.